The van der Waals surface area contributed by atoms with E-state index in [1.807, 2.05) is 11.8 Å². The number of hydrogen-bond donors (Lipinski definition) is 1. The van der Waals surface area contributed by atoms with Crippen LogP contribution in [-0.4, -0.2) is 39.0 Å². The van der Waals surface area contributed by atoms with Gasteiger partial charge in [0.15, 0.2) is 0 Å². The van der Waals surface area contributed by atoms with Crippen molar-refractivity contribution in [1.82, 2.24) is 14.9 Å². The molecule has 0 radical (unpaired) electrons. The summed E-state index contributed by atoms with van der Waals surface area (Å²) in [6, 6.07) is 15.1. The fraction of sp³-hybridized carbons (Fsp3) is 0.370. The first-order chi connectivity index (χ1) is 15.7. The molecule has 1 atom stereocenters. The molecule has 1 saturated heterocycles. The van der Waals surface area contributed by atoms with Crippen LogP contribution < -0.4 is 0 Å². The maximum Gasteiger partial charge on any atom is 0.274 e. The lowest BCUT2D eigenvalue weighted by Crippen LogP contribution is -2.29. The van der Waals surface area contributed by atoms with Gasteiger partial charge >= 0.3 is 0 Å². The second-order valence-electron chi connectivity index (χ2n) is 8.92. The summed E-state index contributed by atoms with van der Waals surface area (Å²) in [5.74, 6) is 0.833. The van der Waals surface area contributed by atoms with E-state index in [1.165, 1.54) is 24.0 Å². The third-order valence-electron chi connectivity index (χ3n) is 6.78. The third kappa shape index (κ3) is 4.05. The smallest absolute Gasteiger partial charge is 0.274 e. The number of rotatable bonds is 6. The average Bonchev–Trinajstić information content (AvgIpc) is 3.59. The van der Waals surface area contributed by atoms with Crippen LogP contribution in [0.3, 0.4) is 0 Å². The highest BCUT2D eigenvalue weighted by molar-refractivity contribution is 5.92. The Morgan fingerprint density at radius 2 is 1.91 bits per heavy atom. The van der Waals surface area contributed by atoms with E-state index in [9.17, 15) is 9.90 Å². The lowest BCUT2D eigenvalue weighted by Gasteiger charge is -2.19. The SMILES string of the molecule is CCc1cncc(C(=O)N2CCC(c3ccc(-c4ccccc4C4CC4)cc3CO)C2)n1. The number of hydrogen-bond acceptors (Lipinski definition) is 4. The van der Waals surface area contributed by atoms with Gasteiger partial charge in [0.25, 0.3) is 5.91 Å². The molecule has 5 heteroatoms. The first kappa shape index (κ1) is 20.8. The highest BCUT2D eigenvalue weighted by Crippen LogP contribution is 2.44. The van der Waals surface area contributed by atoms with Crippen LogP contribution in [0.5, 0.6) is 0 Å². The van der Waals surface area contributed by atoms with E-state index in [0.717, 1.165) is 35.2 Å². The number of carbonyl (C=O) groups excluding carboxylic acids is 1. The lowest BCUT2D eigenvalue weighted by molar-refractivity contribution is 0.0784. The van der Waals surface area contributed by atoms with Crippen LogP contribution in [0, 0.1) is 0 Å². The second kappa shape index (κ2) is 8.83. The molecular formula is C27H29N3O2. The molecule has 1 saturated carbocycles. The van der Waals surface area contributed by atoms with E-state index >= 15 is 0 Å². The minimum atomic E-state index is -0.0594. The van der Waals surface area contributed by atoms with E-state index in [4.69, 9.17) is 0 Å². The molecule has 32 heavy (non-hydrogen) atoms. The van der Waals surface area contributed by atoms with Crippen molar-refractivity contribution in [2.45, 2.75) is 51.0 Å². The van der Waals surface area contributed by atoms with Gasteiger partial charge in [-0.05, 0) is 65.5 Å². The molecule has 1 aromatic heterocycles. The third-order valence-corrected chi connectivity index (χ3v) is 6.78. The van der Waals surface area contributed by atoms with Crippen LogP contribution in [0.2, 0.25) is 0 Å². The summed E-state index contributed by atoms with van der Waals surface area (Å²) in [6.45, 7) is 3.34. The van der Waals surface area contributed by atoms with Gasteiger partial charge in [-0.15, -0.1) is 0 Å². The van der Waals surface area contributed by atoms with Crippen molar-refractivity contribution in [3.63, 3.8) is 0 Å². The Labute approximate surface area is 189 Å². The molecule has 2 aromatic carbocycles. The van der Waals surface area contributed by atoms with Crippen LogP contribution in [0.25, 0.3) is 11.1 Å². The molecule has 1 unspecified atom stereocenters. The van der Waals surface area contributed by atoms with Gasteiger partial charge in [0.05, 0.1) is 18.5 Å². The zero-order valence-corrected chi connectivity index (χ0v) is 18.5. The zero-order valence-electron chi connectivity index (χ0n) is 18.5. The summed E-state index contributed by atoms with van der Waals surface area (Å²) in [7, 11) is 0. The fourth-order valence-corrected chi connectivity index (χ4v) is 4.86. The Kier molecular flexibility index (Phi) is 5.75. The predicted octanol–water partition coefficient (Wildman–Crippen LogP) is 4.71. The minimum Gasteiger partial charge on any atom is -0.392 e. The fourth-order valence-electron chi connectivity index (χ4n) is 4.86. The number of aryl methyl sites for hydroxylation is 1. The molecule has 1 amide bonds. The van der Waals surface area contributed by atoms with E-state index in [2.05, 4.69) is 52.4 Å². The number of amides is 1. The number of aromatic nitrogens is 2. The molecule has 3 aromatic rings. The predicted molar refractivity (Wildman–Crippen MR) is 124 cm³/mol. The largest absolute Gasteiger partial charge is 0.392 e. The van der Waals surface area contributed by atoms with Crippen molar-refractivity contribution < 1.29 is 9.90 Å². The monoisotopic (exact) mass is 427 g/mol. The Morgan fingerprint density at radius 3 is 2.69 bits per heavy atom. The Bertz CT molecular complexity index is 1140. The van der Waals surface area contributed by atoms with Crippen molar-refractivity contribution in [3.8, 4) is 11.1 Å². The van der Waals surface area contributed by atoms with Gasteiger partial charge in [0.2, 0.25) is 0 Å². The molecule has 2 fully saturated rings. The highest BCUT2D eigenvalue weighted by atomic mass is 16.3. The molecule has 2 heterocycles. The number of aliphatic hydroxyl groups excluding tert-OH is 1. The molecule has 0 bridgehead atoms. The van der Waals surface area contributed by atoms with Crippen molar-refractivity contribution in [3.05, 3.63) is 82.9 Å². The van der Waals surface area contributed by atoms with Gasteiger partial charge in [-0.2, -0.15) is 0 Å². The van der Waals surface area contributed by atoms with Crippen molar-refractivity contribution in [2.75, 3.05) is 13.1 Å². The lowest BCUT2D eigenvalue weighted by atomic mass is 9.89. The van der Waals surface area contributed by atoms with Crippen LogP contribution in [-0.2, 0) is 13.0 Å². The number of benzene rings is 2. The van der Waals surface area contributed by atoms with Crippen molar-refractivity contribution in [2.24, 2.45) is 0 Å². The van der Waals surface area contributed by atoms with Gasteiger partial charge in [0.1, 0.15) is 5.69 Å². The summed E-state index contributed by atoms with van der Waals surface area (Å²) < 4.78 is 0. The first-order valence-corrected chi connectivity index (χ1v) is 11.6. The van der Waals surface area contributed by atoms with Gasteiger partial charge in [-0.3, -0.25) is 9.78 Å². The normalized spacial score (nSPS) is 18.2. The van der Waals surface area contributed by atoms with E-state index in [-0.39, 0.29) is 18.4 Å². The van der Waals surface area contributed by atoms with E-state index in [0.29, 0.717) is 24.7 Å². The van der Waals surface area contributed by atoms with E-state index < -0.39 is 0 Å². The summed E-state index contributed by atoms with van der Waals surface area (Å²) >= 11 is 0. The van der Waals surface area contributed by atoms with E-state index in [1.54, 1.807) is 12.4 Å². The maximum absolute atomic E-state index is 13.0. The topological polar surface area (TPSA) is 66.3 Å². The summed E-state index contributed by atoms with van der Waals surface area (Å²) in [4.78, 5) is 23.5. The number of likely N-dealkylation sites (tertiary alicyclic amines) is 1. The molecule has 1 N–H and O–H groups in total. The minimum absolute atomic E-state index is 0.00321. The standard InChI is InChI=1S/C27H29N3O2/c1-2-22-14-28-15-26(29-22)27(32)30-12-11-20(16-30)23-10-9-19(13-21(23)17-31)25-6-4-3-5-24(25)18-7-8-18/h3-6,9-10,13-15,18,20,31H,2,7-8,11-12,16-17H2,1H3. The molecule has 5 rings (SSSR count). The number of aliphatic hydroxyl groups is 1. The quantitative estimate of drug-likeness (QED) is 0.619. The highest BCUT2D eigenvalue weighted by Gasteiger charge is 2.30. The number of nitrogens with zero attached hydrogens (tertiary/aromatic N) is 3. The number of carbonyl (C=O) groups is 1. The van der Waals surface area contributed by atoms with Gasteiger partial charge in [0, 0.05) is 25.2 Å². The molecule has 0 spiro atoms. The maximum atomic E-state index is 13.0. The van der Waals surface area contributed by atoms with Crippen LogP contribution in [0.1, 0.15) is 70.9 Å². The van der Waals surface area contributed by atoms with Crippen molar-refractivity contribution >= 4 is 5.91 Å². The summed E-state index contributed by atoms with van der Waals surface area (Å²) in [5.41, 5.74) is 7.20. The summed E-state index contributed by atoms with van der Waals surface area (Å²) in [6.07, 6.45) is 7.43. The van der Waals surface area contributed by atoms with Gasteiger partial charge < -0.3 is 10.0 Å². The molecule has 1 aliphatic carbocycles. The molecule has 2 aliphatic rings. The van der Waals surface area contributed by atoms with Gasteiger partial charge in [-0.1, -0.05) is 43.3 Å². The zero-order chi connectivity index (χ0) is 22.1. The van der Waals surface area contributed by atoms with Crippen LogP contribution >= 0.6 is 0 Å². The molecule has 164 valence electrons. The summed E-state index contributed by atoms with van der Waals surface area (Å²) in [5, 5.41) is 10.2. The molecule has 5 nitrogen and oxygen atoms in total. The average molecular weight is 428 g/mol. The Morgan fingerprint density at radius 1 is 1.06 bits per heavy atom. The van der Waals surface area contributed by atoms with Crippen molar-refractivity contribution in [1.29, 1.82) is 0 Å². The molecular weight excluding hydrogens is 398 g/mol. The Hall–Kier alpha value is -3.05. The van der Waals surface area contributed by atoms with Gasteiger partial charge in [-0.25, -0.2) is 4.98 Å². The first-order valence-electron chi connectivity index (χ1n) is 11.6. The second-order valence-corrected chi connectivity index (χ2v) is 8.92. The molecule has 1 aliphatic heterocycles. The van der Waals surface area contributed by atoms with Crippen LogP contribution in [0.4, 0.5) is 0 Å². The van der Waals surface area contributed by atoms with Crippen LogP contribution in [0.15, 0.2) is 54.9 Å². The Balaban J connectivity index is 1.37.